The summed E-state index contributed by atoms with van der Waals surface area (Å²) in [4.78, 5) is 12.7. The monoisotopic (exact) mass is 430 g/mol. The Balaban J connectivity index is 1.78. The van der Waals surface area contributed by atoms with Gasteiger partial charge in [-0.1, -0.05) is 70.0 Å². The number of hydrogen-bond donors (Lipinski definition) is 0. The normalized spacial score (nSPS) is 11.5. The highest BCUT2D eigenvalue weighted by atomic mass is 16.4. The molecule has 0 radical (unpaired) electrons. The molecule has 3 rings (SSSR count). The Bertz CT molecular complexity index is 1130. The van der Waals surface area contributed by atoms with E-state index < -0.39 is 0 Å². The Morgan fingerprint density at radius 1 is 1.09 bits per heavy atom. The Kier molecular flexibility index (Phi) is 7.66. The van der Waals surface area contributed by atoms with E-state index in [1.807, 2.05) is 36.4 Å². The highest BCUT2D eigenvalue weighted by molar-refractivity contribution is 6.51. The lowest BCUT2D eigenvalue weighted by atomic mass is 9.57. The first-order valence-corrected chi connectivity index (χ1v) is 11.7. The van der Waals surface area contributed by atoms with Gasteiger partial charge in [0.25, 0.3) is 0 Å². The number of allylic oxidation sites excluding steroid dienone is 1. The minimum absolute atomic E-state index is 0.00325. The van der Waals surface area contributed by atoms with Crippen molar-refractivity contribution in [2.45, 2.75) is 66.5 Å². The van der Waals surface area contributed by atoms with Crippen LogP contribution >= 0.6 is 0 Å². The van der Waals surface area contributed by atoms with Gasteiger partial charge < -0.3 is 9.07 Å². The molecule has 3 aromatic rings. The van der Waals surface area contributed by atoms with Crippen LogP contribution in [0.15, 0.2) is 69.9 Å². The Labute approximate surface area is 192 Å². The third-order valence-electron chi connectivity index (χ3n) is 6.33. The zero-order chi connectivity index (χ0) is 23.3. The van der Waals surface area contributed by atoms with Crippen molar-refractivity contribution in [2.24, 2.45) is 5.41 Å². The number of benzene rings is 2. The van der Waals surface area contributed by atoms with Crippen LogP contribution in [0.25, 0.3) is 22.1 Å². The minimum atomic E-state index is -0.329. The smallest absolute Gasteiger partial charge is 0.355 e. The summed E-state index contributed by atoms with van der Waals surface area (Å²) < 4.78 is 11.8. The van der Waals surface area contributed by atoms with Crippen molar-refractivity contribution < 1.29 is 9.07 Å². The highest BCUT2D eigenvalue weighted by Crippen LogP contribution is 2.32. The second-order valence-electron chi connectivity index (χ2n) is 9.60. The zero-order valence-corrected chi connectivity index (χ0v) is 20.2. The van der Waals surface area contributed by atoms with Crippen molar-refractivity contribution in [1.82, 2.24) is 0 Å². The molecule has 4 heteroatoms. The lowest BCUT2D eigenvalue weighted by Gasteiger charge is -2.27. The maximum atomic E-state index is 12.7. The van der Waals surface area contributed by atoms with Gasteiger partial charge in [-0.3, -0.25) is 0 Å². The predicted molar refractivity (Wildman–Crippen MR) is 137 cm³/mol. The molecule has 0 fully saturated rings. The summed E-state index contributed by atoms with van der Waals surface area (Å²) in [6.45, 7) is 14.8. The summed E-state index contributed by atoms with van der Waals surface area (Å²) in [6.07, 6.45) is 5.59. The van der Waals surface area contributed by atoms with Crippen molar-refractivity contribution in [3.05, 3.63) is 76.7 Å². The van der Waals surface area contributed by atoms with Crippen molar-refractivity contribution in [3.63, 3.8) is 0 Å². The minimum Gasteiger partial charge on any atom is -0.561 e. The SMILES string of the molecule is C=C(C)C(C)(C)CB(C)Oc1ccc2cc(-c3ccc(CCCCC)cc3)c(=O)oc2c1. The molecule has 0 bridgehead atoms. The predicted octanol–water partition coefficient (Wildman–Crippen LogP) is 7.80. The fourth-order valence-corrected chi connectivity index (χ4v) is 3.96. The van der Waals surface area contributed by atoms with E-state index in [4.69, 9.17) is 9.07 Å². The van der Waals surface area contributed by atoms with Crippen molar-refractivity contribution >= 4 is 17.9 Å². The average Bonchev–Trinajstić information content (AvgIpc) is 2.73. The molecule has 1 aromatic heterocycles. The largest absolute Gasteiger partial charge is 0.561 e. The van der Waals surface area contributed by atoms with Crippen LogP contribution < -0.4 is 10.3 Å². The van der Waals surface area contributed by atoms with Crippen LogP contribution in [0.2, 0.25) is 13.1 Å². The van der Waals surface area contributed by atoms with Gasteiger partial charge in [-0.2, -0.15) is 0 Å². The standard InChI is InChI=1S/C28H35BO3/c1-7-8-9-10-21-11-13-22(14-12-21)25-17-23-15-16-24(18-26(23)31-27(25)30)32-29(6)19-28(4,5)20(2)3/h11-18H,2,7-10,19H2,1,3-6H3. The molecule has 0 aliphatic rings. The molecule has 0 spiro atoms. The molecule has 0 saturated carbocycles. The van der Waals surface area contributed by atoms with Gasteiger partial charge in [0.1, 0.15) is 11.3 Å². The van der Waals surface area contributed by atoms with E-state index in [2.05, 4.69) is 53.2 Å². The molecule has 0 aliphatic carbocycles. The quantitative estimate of drug-likeness (QED) is 0.143. The van der Waals surface area contributed by atoms with Crippen LogP contribution in [0.5, 0.6) is 5.75 Å². The lowest BCUT2D eigenvalue weighted by molar-refractivity contribution is 0.466. The fourth-order valence-electron chi connectivity index (χ4n) is 3.96. The molecule has 0 atom stereocenters. The van der Waals surface area contributed by atoms with Crippen molar-refractivity contribution in [3.8, 4) is 16.9 Å². The second-order valence-corrected chi connectivity index (χ2v) is 9.60. The van der Waals surface area contributed by atoms with Gasteiger partial charge in [-0.15, -0.1) is 0 Å². The summed E-state index contributed by atoms with van der Waals surface area (Å²) >= 11 is 0. The van der Waals surface area contributed by atoms with E-state index in [1.54, 1.807) is 0 Å². The van der Waals surface area contributed by atoms with E-state index in [9.17, 15) is 4.79 Å². The van der Waals surface area contributed by atoms with Gasteiger partial charge in [0.2, 0.25) is 0 Å². The van der Waals surface area contributed by atoms with Crippen LogP contribution in [-0.4, -0.2) is 6.92 Å². The molecule has 32 heavy (non-hydrogen) atoms. The van der Waals surface area contributed by atoms with Crippen LogP contribution in [0.4, 0.5) is 0 Å². The molecule has 0 saturated heterocycles. The van der Waals surface area contributed by atoms with E-state index in [-0.39, 0.29) is 18.0 Å². The third-order valence-corrected chi connectivity index (χ3v) is 6.33. The van der Waals surface area contributed by atoms with E-state index in [1.165, 1.54) is 24.8 Å². The first kappa shape index (κ1) is 23.9. The highest BCUT2D eigenvalue weighted by Gasteiger charge is 2.26. The van der Waals surface area contributed by atoms with Gasteiger partial charge in [-0.25, -0.2) is 4.79 Å². The van der Waals surface area contributed by atoms with Gasteiger partial charge in [0.05, 0.1) is 5.56 Å². The molecule has 1 heterocycles. The lowest BCUT2D eigenvalue weighted by Crippen LogP contribution is -2.26. The third kappa shape index (κ3) is 5.94. The Hall–Kier alpha value is -2.75. The summed E-state index contributed by atoms with van der Waals surface area (Å²) in [6, 6.07) is 15.9. The van der Waals surface area contributed by atoms with Crippen molar-refractivity contribution in [2.75, 3.05) is 0 Å². The van der Waals surface area contributed by atoms with Gasteiger partial charge in [0.15, 0.2) is 0 Å². The van der Waals surface area contributed by atoms with Crippen LogP contribution in [-0.2, 0) is 6.42 Å². The molecule has 2 aromatic carbocycles. The van der Waals surface area contributed by atoms with E-state index in [0.717, 1.165) is 29.3 Å². The molecule has 0 amide bonds. The van der Waals surface area contributed by atoms with Crippen LogP contribution in [0, 0.1) is 5.41 Å². The summed E-state index contributed by atoms with van der Waals surface area (Å²) in [5, 5.41) is 0.883. The second kappa shape index (κ2) is 10.2. The van der Waals surface area contributed by atoms with Crippen LogP contribution in [0.1, 0.15) is 52.5 Å². The van der Waals surface area contributed by atoms with Crippen LogP contribution in [0.3, 0.4) is 0 Å². The molecule has 0 unspecified atom stereocenters. The number of fused-ring (bicyclic) bond motifs is 1. The molecular formula is C28H35BO3. The van der Waals surface area contributed by atoms with E-state index in [0.29, 0.717) is 16.9 Å². The Morgan fingerprint density at radius 3 is 2.47 bits per heavy atom. The average molecular weight is 430 g/mol. The maximum Gasteiger partial charge on any atom is 0.355 e. The molecule has 0 N–H and O–H groups in total. The number of unbranched alkanes of at least 4 members (excludes halogenated alkanes) is 2. The fraction of sp³-hybridized carbons (Fsp3) is 0.393. The summed E-state index contributed by atoms with van der Waals surface area (Å²) in [5.74, 6) is 0.704. The summed E-state index contributed by atoms with van der Waals surface area (Å²) in [5.41, 5.74) is 4.13. The first-order chi connectivity index (χ1) is 15.2. The van der Waals surface area contributed by atoms with Gasteiger partial charge >= 0.3 is 12.5 Å². The zero-order valence-electron chi connectivity index (χ0n) is 20.2. The Morgan fingerprint density at radius 2 is 1.81 bits per heavy atom. The molecule has 3 nitrogen and oxygen atoms in total. The number of hydrogen-bond acceptors (Lipinski definition) is 3. The first-order valence-electron chi connectivity index (χ1n) is 11.7. The molecule has 0 aliphatic heterocycles. The van der Waals surface area contributed by atoms with Crippen molar-refractivity contribution in [1.29, 1.82) is 0 Å². The topological polar surface area (TPSA) is 39.4 Å². The summed E-state index contributed by atoms with van der Waals surface area (Å²) in [7, 11) is 0. The molecule has 168 valence electrons. The number of rotatable bonds is 10. The maximum absolute atomic E-state index is 12.7. The molecular weight excluding hydrogens is 395 g/mol. The number of aryl methyl sites for hydroxylation is 1. The van der Waals surface area contributed by atoms with E-state index >= 15 is 0 Å². The van der Waals surface area contributed by atoms with Gasteiger partial charge in [-0.05, 0) is 67.6 Å². The van der Waals surface area contributed by atoms with Gasteiger partial charge in [0, 0.05) is 11.5 Å².